The van der Waals surface area contributed by atoms with Crippen molar-refractivity contribution in [2.45, 2.75) is 59.4 Å². The molecule has 3 nitrogen and oxygen atoms in total. The van der Waals surface area contributed by atoms with Crippen molar-refractivity contribution < 1.29 is 40.6 Å². The largest absolute Gasteiger partial charge is 0.416 e. The Morgan fingerprint density at radius 3 is 1.67 bits per heavy atom. The average Bonchev–Trinajstić information content (AvgIpc) is 2.93. The summed E-state index contributed by atoms with van der Waals surface area (Å²) in [4.78, 5) is 2.30. The number of aliphatic hydroxyl groups excluding tert-OH is 1. The van der Waals surface area contributed by atoms with Gasteiger partial charge in [0.25, 0.3) is 0 Å². The number of nitrogens with zero attached hydrogens (tertiary/aromatic N) is 1. The minimum atomic E-state index is -4.76. The highest BCUT2D eigenvalue weighted by Crippen LogP contribution is 2.36. The molecule has 0 radical (unpaired) electrons. The third-order valence-corrected chi connectivity index (χ3v) is 4.32. The van der Waals surface area contributed by atoms with Crippen molar-refractivity contribution in [2.75, 3.05) is 27.5 Å². The Morgan fingerprint density at radius 2 is 1.36 bits per heavy atom. The van der Waals surface area contributed by atoms with Crippen LogP contribution in [0.15, 0.2) is 73.6 Å². The standard InChI is InChI=1S/C12H17N.C10H8F6.C3H5F.C2H6O2.C2H6/c1-3-4-10-13(2)11-12-8-6-5-7-9-12;1-2-6-3-7(9(11,12)13)5-8(4-6)10(14,15)16;1-2-3-4;1-4-2-3;1-2/h3,5-9H,1,4,10-11H2,2H3;3-5H,2H2,1H3;2-3H,1H3;3H,2H2,1H3;1-2H3/b;;3-2+;;. The number of aliphatic hydroxyl groups is 1. The number of allylic oxidation sites excluding steroid dienone is 1. The lowest BCUT2D eigenvalue weighted by Gasteiger charge is -2.15. The van der Waals surface area contributed by atoms with Gasteiger partial charge in [0.15, 0.2) is 0 Å². The summed E-state index contributed by atoms with van der Waals surface area (Å²) in [5, 5.41) is 7.65. The zero-order valence-corrected chi connectivity index (χ0v) is 23.5. The lowest BCUT2D eigenvalue weighted by molar-refractivity contribution is -0.143. The molecule has 0 spiro atoms. The zero-order chi connectivity index (χ0) is 30.9. The van der Waals surface area contributed by atoms with Crippen LogP contribution in [0.5, 0.6) is 0 Å². The van der Waals surface area contributed by atoms with Crippen molar-refractivity contribution in [1.29, 1.82) is 0 Å². The van der Waals surface area contributed by atoms with Gasteiger partial charge < -0.3 is 14.7 Å². The van der Waals surface area contributed by atoms with Crippen molar-refractivity contribution >= 4 is 0 Å². The molecule has 2 aromatic carbocycles. The molecular formula is C29H42F7NO2. The number of benzene rings is 2. The van der Waals surface area contributed by atoms with E-state index in [0.29, 0.717) is 6.33 Å². The number of aryl methyl sites for hydroxylation is 1. The number of methoxy groups -OCH3 is 1. The molecule has 1 N–H and O–H groups in total. The van der Waals surface area contributed by atoms with E-state index in [-0.39, 0.29) is 24.8 Å². The molecule has 0 aliphatic heterocycles. The predicted molar refractivity (Wildman–Crippen MR) is 145 cm³/mol. The van der Waals surface area contributed by atoms with Crippen LogP contribution in [0.3, 0.4) is 0 Å². The number of alkyl halides is 6. The van der Waals surface area contributed by atoms with Gasteiger partial charge in [0, 0.05) is 20.2 Å². The van der Waals surface area contributed by atoms with Crippen LogP contribution in [0.25, 0.3) is 0 Å². The Bertz CT molecular complexity index is 830. The van der Waals surface area contributed by atoms with Gasteiger partial charge in [0.1, 0.15) is 6.79 Å². The summed E-state index contributed by atoms with van der Waals surface area (Å²) in [5.41, 5.74) is -1.14. The summed E-state index contributed by atoms with van der Waals surface area (Å²) >= 11 is 0. The maximum atomic E-state index is 12.3. The Balaban J connectivity index is -0.000000502. The Morgan fingerprint density at radius 1 is 0.923 bits per heavy atom. The first-order chi connectivity index (χ1) is 18.3. The molecule has 10 heteroatoms. The van der Waals surface area contributed by atoms with Gasteiger partial charge in [-0.1, -0.05) is 63.3 Å². The number of halogens is 7. The summed E-state index contributed by atoms with van der Waals surface area (Å²) in [7, 11) is 3.57. The van der Waals surface area contributed by atoms with Gasteiger partial charge in [0.2, 0.25) is 0 Å². The Kier molecular flexibility index (Phi) is 25.5. The second-order valence-electron chi connectivity index (χ2n) is 7.45. The van der Waals surface area contributed by atoms with Gasteiger partial charge in [-0.05, 0) is 56.1 Å². The third-order valence-electron chi connectivity index (χ3n) is 4.32. The minimum Gasteiger partial charge on any atom is -0.371 e. The predicted octanol–water partition coefficient (Wildman–Crippen LogP) is 9.08. The monoisotopic (exact) mass is 569 g/mol. The molecule has 2 rings (SSSR count). The van der Waals surface area contributed by atoms with Crippen LogP contribution < -0.4 is 0 Å². The Labute approximate surface area is 228 Å². The Hall–Kier alpha value is -2.69. The molecule has 2 aromatic rings. The van der Waals surface area contributed by atoms with Crippen molar-refractivity contribution in [1.82, 2.24) is 4.90 Å². The summed E-state index contributed by atoms with van der Waals surface area (Å²) in [6.45, 7) is 12.8. The topological polar surface area (TPSA) is 32.7 Å². The summed E-state index contributed by atoms with van der Waals surface area (Å²) in [6, 6.07) is 12.1. The van der Waals surface area contributed by atoms with Crippen LogP contribution in [0.4, 0.5) is 30.7 Å². The van der Waals surface area contributed by atoms with E-state index in [2.05, 4.69) is 47.5 Å². The van der Waals surface area contributed by atoms with Gasteiger partial charge in [0.05, 0.1) is 17.5 Å². The molecule has 0 aliphatic carbocycles. The molecule has 0 saturated carbocycles. The van der Waals surface area contributed by atoms with Gasteiger partial charge in [-0.2, -0.15) is 26.3 Å². The van der Waals surface area contributed by atoms with Gasteiger partial charge in [-0.15, -0.1) is 6.58 Å². The average molecular weight is 570 g/mol. The molecule has 0 unspecified atom stereocenters. The highest BCUT2D eigenvalue weighted by atomic mass is 19.4. The SMILES string of the molecule is C/C=C/F.C=CCCN(C)Cc1ccccc1.CC.CCc1cc(C(F)(F)F)cc(C(F)(F)F)c1.COCO. The van der Waals surface area contributed by atoms with Crippen molar-refractivity contribution in [3.63, 3.8) is 0 Å². The van der Waals surface area contributed by atoms with Crippen molar-refractivity contribution in [3.05, 3.63) is 95.8 Å². The molecule has 0 fully saturated rings. The second kappa shape index (κ2) is 24.4. The van der Waals surface area contributed by atoms with Crippen LogP contribution >= 0.6 is 0 Å². The molecule has 39 heavy (non-hydrogen) atoms. The molecule has 0 aliphatic rings. The fraction of sp³-hybridized carbons (Fsp3) is 0.448. The van der Waals surface area contributed by atoms with Gasteiger partial charge in [-0.25, -0.2) is 4.39 Å². The van der Waals surface area contributed by atoms with E-state index >= 15 is 0 Å². The van der Waals surface area contributed by atoms with E-state index < -0.39 is 23.5 Å². The van der Waals surface area contributed by atoms with E-state index in [1.807, 2.05) is 26.0 Å². The molecule has 0 aromatic heterocycles. The van der Waals surface area contributed by atoms with E-state index in [0.717, 1.165) is 31.6 Å². The number of rotatable bonds is 7. The first kappa shape index (κ1) is 40.8. The van der Waals surface area contributed by atoms with Crippen LogP contribution in [0.1, 0.15) is 56.4 Å². The first-order valence-electron chi connectivity index (χ1n) is 12.2. The lowest BCUT2D eigenvalue weighted by Crippen LogP contribution is -2.18. The molecule has 0 amide bonds. The fourth-order valence-electron chi connectivity index (χ4n) is 2.51. The highest BCUT2D eigenvalue weighted by molar-refractivity contribution is 5.33. The fourth-order valence-corrected chi connectivity index (χ4v) is 2.51. The number of ether oxygens (including phenoxy) is 1. The number of hydrogen-bond donors (Lipinski definition) is 1. The molecule has 0 bridgehead atoms. The number of hydrogen-bond acceptors (Lipinski definition) is 3. The van der Waals surface area contributed by atoms with Crippen LogP contribution in [0.2, 0.25) is 0 Å². The maximum absolute atomic E-state index is 12.3. The van der Waals surface area contributed by atoms with E-state index in [1.54, 1.807) is 6.92 Å². The first-order valence-corrected chi connectivity index (χ1v) is 12.2. The molecule has 0 atom stereocenters. The summed E-state index contributed by atoms with van der Waals surface area (Å²) < 4.78 is 88.5. The second-order valence-corrected chi connectivity index (χ2v) is 7.45. The maximum Gasteiger partial charge on any atom is 0.416 e. The van der Waals surface area contributed by atoms with Crippen LogP contribution in [0, 0.1) is 0 Å². The smallest absolute Gasteiger partial charge is 0.371 e. The molecule has 224 valence electrons. The van der Waals surface area contributed by atoms with E-state index in [1.165, 1.54) is 25.7 Å². The van der Waals surface area contributed by atoms with Crippen LogP contribution in [-0.4, -0.2) is 37.5 Å². The molecule has 0 saturated heterocycles. The minimum absolute atomic E-state index is 0.0159. The third kappa shape index (κ3) is 23.0. The van der Waals surface area contributed by atoms with Crippen molar-refractivity contribution in [3.8, 4) is 0 Å². The lowest BCUT2D eigenvalue weighted by atomic mass is 10.0. The van der Waals surface area contributed by atoms with E-state index in [9.17, 15) is 30.7 Å². The normalized spacial score (nSPS) is 10.6. The van der Waals surface area contributed by atoms with Crippen molar-refractivity contribution in [2.24, 2.45) is 0 Å². The zero-order valence-electron chi connectivity index (χ0n) is 23.5. The van der Waals surface area contributed by atoms with Crippen LogP contribution in [-0.2, 0) is 30.1 Å². The molecule has 0 heterocycles. The quantitative estimate of drug-likeness (QED) is 0.205. The summed E-state index contributed by atoms with van der Waals surface area (Å²) in [6.07, 6.45) is -4.55. The van der Waals surface area contributed by atoms with Gasteiger partial charge in [-0.3, -0.25) is 0 Å². The van der Waals surface area contributed by atoms with E-state index in [4.69, 9.17) is 5.11 Å². The van der Waals surface area contributed by atoms with Gasteiger partial charge >= 0.3 is 12.4 Å². The highest BCUT2D eigenvalue weighted by Gasteiger charge is 2.36. The molecular weight excluding hydrogens is 527 g/mol. The summed E-state index contributed by atoms with van der Waals surface area (Å²) in [5.74, 6) is 0.